The SMILES string of the molecule is CC(C)CC[C@@H](c1cccc(OC(F)F)c1)N1CCNCC1.Cl.Cl. The maximum absolute atomic E-state index is 12.4. The lowest BCUT2D eigenvalue weighted by atomic mass is 9.95. The van der Waals surface area contributed by atoms with Crippen molar-refractivity contribution in [2.45, 2.75) is 39.3 Å². The van der Waals surface area contributed by atoms with E-state index in [0.29, 0.717) is 5.92 Å². The fourth-order valence-electron chi connectivity index (χ4n) is 2.94. The summed E-state index contributed by atoms with van der Waals surface area (Å²) in [5.41, 5.74) is 1.07. The summed E-state index contributed by atoms with van der Waals surface area (Å²) in [6.07, 6.45) is 2.16. The van der Waals surface area contributed by atoms with Crippen LogP contribution in [0.5, 0.6) is 5.75 Å². The zero-order valence-corrected chi connectivity index (χ0v) is 15.8. The molecule has 1 aliphatic rings. The molecule has 1 aliphatic heterocycles. The molecule has 0 amide bonds. The average molecular weight is 385 g/mol. The molecule has 0 radical (unpaired) electrons. The predicted octanol–water partition coefficient (Wildman–Crippen LogP) is 4.51. The van der Waals surface area contributed by atoms with Crippen LogP contribution in [0, 0.1) is 5.92 Å². The van der Waals surface area contributed by atoms with E-state index in [-0.39, 0.29) is 36.6 Å². The summed E-state index contributed by atoms with van der Waals surface area (Å²) in [6, 6.07) is 7.44. The Labute approximate surface area is 156 Å². The molecule has 1 N–H and O–H groups in total. The number of benzene rings is 1. The third kappa shape index (κ3) is 7.51. The highest BCUT2D eigenvalue weighted by molar-refractivity contribution is 5.85. The van der Waals surface area contributed by atoms with Gasteiger partial charge < -0.3 is 10.1 Å². The Kier molecular flexibility index (Phi) is 11.5. The van der Waals surface area contributed by atoms with Gasteiger partial charge in [0.15, 0.2) is 0 Å². The van der Waals surface area contributed by atoms with Crippen LogP contribution >= 0.6 is 24.8 Å². The fourth-order valence-corrected chi connectivity index (χ4v) is 2.94. The number of nitrogens with one attached hydrogen (secondary N) is 1. The summed E-state index contributed by atoms with van der Waals surface area (Å²) in [5.74, 6) is 0.878. The molecule has 7 heteroatoms. The number of hydrogen-bond acceptors (Lipinski definition) is 3. The van der Waals surface area contributed by atoms with Gasteiger partial charge in [-0.15, -0.1) is 24.8 Å². The molecule has 1 atom stereocenters. The summed E-state index contributed by atoms with van der Waals surface area (Å²) in [7, 11) is 0. The molecule has 140 valence electrons. The third-order valence-electron chi connectivity index (χ3n) is 4.08. The average Bonchev–Trinajstić information content (AvgIpc) is 2.48. The van der Waals surface area contributed by atoms with Crippen molar-refractivity contribution in [3.8, 4) is 5.75 Å². The number of piperazine rings is 1. The van der Waals surface area contributed by atoms with Crippen LogP contribution in [-0.2, 0) is 0 Å². The molecule has 3 nitrogen and oxygen atoms in total. The molecule has 1 aromatic rings. The molecule has 0 aliphatic carbocycles. The monoisotopic (exact) mass is 384 g/mol. The lowest BCUT2D eigenvalue weighted by molar-refractivity contribution is -0.0499. The van der Waals surface area contributed by atoms with Crippen LogP contribution in [0.1, 0.15) is 38.3 Å². The van der Waals surface area contributed by atoms with Gasteiger partial charge in [0.1, 0.15) is 5.75 Å². The molecule has 1 aromatic carbocycles. The molecule has 0 spiro atoms. The largest absolute Gasteiger partial charge is 0.435 e. The van der Waals surface area contributed by atoms with Crippen LogP contribution in [0.3, 0.4) is 0 Å². The quantitative estimate of drug-likeness (QED) is 0.747. The van der Waals surface area contributed by atoms with E-state index in [0.717, 1.165) is 44.6 Å². The van der Waals surface area contributed by atoms with Crippen LogP contribution in [0.15, 0.2) is 24.3 Å². The number of nitrogens with zero attached hydrogens (tertiary/aromatic N) is 1. The minimum absolute atomic E-state index is 0. The second-order valence-electron chi connectivity index (χ2n) is 6.22. The van der Waals surface area contributed by atoms with Crippen molar-refractivity contribution in [1.82, 2.24) is 10.2 Å². The standard InChI is InChI=1S/C17H26F2N2O.2ClH/c1-13(2)6-7-16(21-10-8-20-9-11-21)14-4-3-5-15(12-14)22-17(18)19;;/h3-5,12-13,16-17,20H,6-11H2,1-2H3;2*1H/t16-;;/m0../s1. The van der Waals surface area contributed by atoms with Crippen molar-refractivity contribution in [2.24, 2.45) is 5.92 Å². The van der Waals surface area contributed by atoms with E-state index < -0.39 is 6.61 Å². The number of hydrogen-bond donors (Lipinski definition) is 1. The minimum Gasteiger partial charge on any atom is -0.435 e. The van der Waals surface area contributed by atoms with E-state index in [2.05, 4.69) is 28.8 Å². The van der Waals surface area contributed by atoms with Crippen molar-refractivity contribution in [3.05, 3.63) is 29.8 Å². The molecule has 2 rings (SSSR count). The number of alkyl halides is 2. The number of halogens is 4. The molecule has 0 saturated carbocycles. The van der Waals surface area contributed by atoms with Gasteiger partial charge in [-0.05, 0) is 36.5 Å². The zero-order valence-electron chi connectivity index (χ0n) is 14.2. The normalized spacial score (nSPS) is 16.4. The lowest BCUT2D eigenvalue weighted by Gasteiger charge is -2.35. The molecule has 0 bridgehead atoms. The Bertz CT molecular complexity index is 458. The van der Waals surface area contributed by atoms with Crippen LogP contribution in [0.25, 0.3) is 0 Å². The molecule has 1 fully saturated rings. The number of rotatable bonds is 7. The Morgan fingerprint density at radius 1 is 1.12 bits per heavy atom. The van der Waals surface area contributed by atoms with Gasteiger partial charge in [-0.2, -0.15) is 8.78 Å². The smallest absolute Gasteiger partial charge is 0.387 e. The summed E-state index contributed by atoms with van der Waals surface area (Å²) in [6.45, 7) is 5.59. The Morgan fingerprint density at radius 3 is 2.38 bits per heavy atom. The van der Waals surface area contributed by atoms with Crippen molar-refractivity contribution in [2.75, 3.05) is 26.2 Å². The van der Waals surface area contributed by atoms with Gasteiger partial charge >= 0.3 is 6.61 Å². The van der Waals surface area contributed by atoms with Gasteiger partial charge in [-0.3, -0.25) is 4.90 Å². The van der Waals surface area contributed by atoms with Crippen LogP contribution in [0.4, 0.5) is 8.78 Å². The predicted molar refractivity (Wildman–Crippen MR) is 98.8 cm³/mol. The molecule has 0 aromatic heterocycles. The maximum atomic E-state index is 12.4. The third-order valence-corrected chi connectivity index (χ3v) is 4.08. The Hall–Kier alpha value is -0.620. The molecule has 0 unspecified atom stereocenters. The van der Waals surface area contributed by atoms with Crippen molar-refractivity contribution >= 4 is 24.8 Å². The van der Waals surface area contributed by atoms with Crippen molar-refractivity contribution in [1.29, 1.82) is 0 Å². The van der Waals surface area contributed by atoms with Gasteiger partial charge in [-0.25, -0.2) is 0 Å². The van der Waals surface area contributed by atoms with Crippen LogP contribution in [-0.4, -0.2) is 37.7 Å². The first-order valence-electron chi connectivity index (χ1n) is 8.06. The lowest BCUT2D eigenvalue weighted by Crippen LogP contribution is -2.45. The Morgan fingerprint density at radius 2 is 1.79 bits per heavy atom. The van der Waals surface area contributed by atoms with Crippen LogP contribution in [0.2, 0.25) is 0 Å². The van der Waals surface area contributed by atoms with Gasteiger partial charge in [0.25, 0.3) is 0 Å². The van der Waals surface area contributed by atoms with E-state index >= 15 is 0 Å². The fraction of sp³-hybridized carbons (Fsp3) is 0.647. The molecular formula is C17H28Cl2F2N2O. The Balaban J connectivity index is 0.00000264. The highest BCUT2D eigenvalue weighted by Crippen LogP contribution is 2.30. The summed E-state index contributed by atoms with van der Waals surface area (Å²) < 4.78 is 29.4. The van der Waals surface area contributed by atoms with Gasteiger partial charge in [0.05, 0.1) is 0 Å². The van der Waals surface area contributed by atoms with Crippen molar-refractivity contribution in [3.63, 3.8) is 0 Å². The second kappa shape index (κ2) is 11.9. The van der Waals surface area contributed by atoms with Gasteiger partial charge in [-0.1, -0.05) is 26.0 Å². The van der Waals surface area contributed by atoms with E-state index in [1.165, 1.54) is 0 Å². The van der Waals surface area contributed by atoms with Crippen LogP contribution < -0.4 is 10.1 Å². The molecule has 24 heavy (non-hydrogen) atoms. The summed E-state index contributed by atoms with van der Waals surface area (Å²) >= 11 is 0. The topological polar surface area (TPSA) is 24.5 Å². The first-order valence-corrected chi connectivity index (χ1v) is 8.06. The minimum atomic E-state index is -2.77. The summed E-state index contributed by atoms with van der Waals surface area (Å²) in [4.78, 5) is 2.44. The van der Waals surface area contributed by atoms with Gasteiger partial charge in [0.2, 0.25) is 0 Å². The van der Waals surface area contributed by atoms with E-state index in [9.17, 15) is 8.78 Å². The second-order valence-corrected chi connectivity index (χ2v) is 6.22. The molecule has 1 saturated heterocycles. The highest BCUT2D eigenvalue weighted by Gasteiger charge is 2.22. The molecule has 1 heterocycles. The van der Waals surface area contributed by atoms with E-state index in [4.69, 9.17) is 0 Å². The maximum Gasteiger partial charge on any atom is 0.387 e. The van der Waals surface area contributed by atoms with E-state index in [1.54, 1.807) is 18.2 Å². The highest BCUT2D eigenvalue weighted by atomic mass is 35.5. The molecular weight excluding hydrogens is 357 g/mol. The zero-order chi connectivity index (χ0) is 15.9. The number of ether oxygens (including phenoxy) is 1. The first-order chi connectivity index (χ1) is 10.6. The van der Waals surface area contributed by atoms with Gasteiger partial charge in [0, 0.05) is 32.2 Å². The van der Waals surface area contributed by atoms with Crippen molar-refractivity contribution < 1.29 is 13.5 Å². The first kappa shape index (κ1) is 23.4. The summed E-state index contributed by atoms with van der Waals surface area (Å²) in [5, 5.41) is 3.36. The van der Waals surface area contributed by atoms with E-state index in [1.807, 2.05) is 6.07 Å².